The quantitative estimate of drug-likeness (QED) is 0.752. The van der Waals surface area contributed by atoms with Crippen molar-refractivity contribution in [1.82, 2.24) is 19.7 Å². The summed E-state index contributed by atoms with van der Waals surface area (Å²) in [6.07, 6.45) is 5.52. The number of carbonyl (C=O) groups excluding carboxylic acids is 1. The summed E-state index contributed by atoms with van der Waals surface area (Å²) < 4.78 is 7.00. The largest absolute Gasteiger partial charge is 0.484 e. The Morgan fingerprint density at radius 3 is 2.67 bits per heavy atom. The minimum absolute atomic E-state index is 0.0592. The molecule has 24 heavy (non-hydrogen) atoms. The van der Waals surface area contributed by atoms with E-state index in [4.69, 9.17) is 4.74 Å². The minimum atomic E-state index is -0.245. The van der Waals surface area contributed by atoms with Crippen molar-refractivity contribution in [1.29, 1.82) is 0 Å². The van der Waals surface area contributed by atoms with Crippen LogP contribution in [-0.2, 0) is 11.2 Å². The molecule has 7 nitrogen and oxygen atoms in total. The van der Waals surface area contributed by atoms with E-state index in [0.717, 1.165) is 6.42 Å². The Balaban J connectivity index is 1.52. The fourth-order valence-corrected chi connectivity index (χ4v) is 2.09. The van der Waals surface area contributed by atoms with Crippen molar-refractivity contribution < 1.29 is 9.53 Å². The summed E-state index contributed by atoms with van der Waals surface area (Å²) >= 11 is 0. The highest BCUT2D eigenvalue weighted by atomic mass is 16.5. The van der Waals surface area contributed by atoms with E-state index in [2.05, 4.69) is 27.3 Å². The number of rotatable bonds is 6. The number of hydrogen-bond acceptors (Lipinski definition) is 5. The number of hydrogen-bond donors (Lipinski definition) is 1. The van der Waals surface area contributed by atoms with Crippen molar-refractivity contribution in [3.63, 3.8) is 0 Å². The molecule has 0 atom stereocenters. The van der Waals surface area contributed by atoms with Gasteiger partial charge in [-0.15, -0.1) is 0 Å². The summed E-state index contributed by atoms with van der Waals surface area (Å²) in [4.78, 5) is 20.0. The van der Waals surface area contributed by atoms with Gasteiger partial charge in [0.25, 0.3) is 5.91 Å². The number of pyridine rings is 1. The van der Waals surface area contributed by atoms with Crippen molar-refractivity contribution in [2.75, 3.05) is 11.9 Å². The molecule has 0 radical (unpaired) electrons. The number of aryl methyl sites for hydroxylation is 1. The van der Waals surface area contributed by atoms with Crippen molar-refractivity contribution in [2.45, 2.75) is 13.3 Å². The third-order valence-electron chi connectivity index (χ3n) is 3.39. The Labute approximate surface area is 139 Å². The smallest absolute Gasteiger partial charge is 0.262 e. The van der Waals surface area contributed by atoms with E-state index < -0.39 is 0 Å². The number of nitrogens with one attached hydrogen (secondary N) is 1. The molecule has 2 heterocycles. The third-order valence-corrected chi connectivity index (χ3v) is 3.39. The molecule has 122 valence electrons. The summed E-state index contributed by atoms with van der Waals surface area (Å²) in [7, 11) is 0. The first-order valence-electron chi connectivity index (χ1n) is 7.57. The molecule has 3 aromatic rings. The van der Waals surface area contributed by atoms with Gasteiger partial charge in [0.05, 0.1) is 11.9 Å². The lowest BCUT2D eigenvalue weighted by atomic mass is 10.2. The predicted molar refractivity (Wildman–Crippen MR) is 89.1 cm³/mol. The fraction of sp³-hybridized carbons (Fsp3) is 0.176. The topological polar surface area (TPSA) is 81.9 Å². The van der Waals surface area contributed by atoms with Crippen LogP contribution in [0.15, 0.2) is 55.2 Å². The first-order chi connectivity index (χ1) is 11.7. The summed E-state index contributed by atoms with van der Waals surface area (Å²) in [6.45, 7) is 2.03. The van der Waals surface area contributed by atoms with E-state index >= 15 is 0 Å². The van der Waals surface area contributed by atoms with E-state index in [0.29, 0.717) is 17.3 Å². The minimum Gasteiger partial charge on any atom is -0.484 e. The lowest BCUT2D eigenvalue weighted by Gasteiger charge is -2.08. The molecule has 1 amide bonds. The first-order valence-corrected chi connectivity index (χ1v) is 7.57. The van der Waals surface area contributed by atoms with E-state index in [1.807, 2.05) is 24.3 Å². The van der Waals surface area contributed by atoms with Crippen LogP contribution >= 0.6 is 0 Å². The van der Waals surface area contributed by atoms with Crippen molar-refractivity contribution in [3.05, 3.63) is 60.8 Å². The number of ether oxygens (including phenoxy) is 1. The molecule has 0 bridgehead atoms. The van der Waals surface area contributed by atoms with Gasteiger partial charge in [0, 0.05) is 0 Å². The van der Waals surface area contributed by atoms with E-state index in [1.54, 1.807) is 24.7 Å². The molecule has 0 aliphatic carbocycles. The van der Waals surface area contributed by atoms with Gasteiger partial charge in [0.2, 0.25) is 0 Å². The number of anilines is 1. The molecule has 3 rings (SSSR count). The number of benzene rings is 1. The predicted octanol–water partition coefficient (Wildman–Crippen LogP) is 2.24. The molecule has 7 heteroatoms. The Morgan fingerprint density at radius 2 is 2.04 bits per heavy atom. The van der Waals surface area contributed by atoms with E-state index in [1.165, 1.54) is 16.6 Å². The Bertz CT molecular complexity index is 783. The standard InChI is InChI=1S/C17H17N5O2/c1-2-13-3-6-15(7-4-13)24-10-17(23)21-14-5-8-16(19-9-14)22-12-18-11-20-22/h3-9,11-12H,2,10H2,1H3,(H,21,23). The monoisotopic (exact) mass is 323 g/mol. The van der Waals surface area contributed by atoms with Gasteiger partial charge in [0.1, 0.15) is 18.4 Å². The number of nitrogens with zero attached hydrogens (tertiary/aromatic N) is 4. The summed E-state index contributed by atoms with van der Waals surface area (Å²) in [5.41, 5.74) is 1.82. The Morgan fingerprint density at radius 1 is 1.21 bits per heavy atom. The molecule has 0 saturated heterocycles. The number of amides is 1. The average Bonchev–Trinajstić information content (AvgIpc) is 3.16. The van der Waals surface area contributed by atoms with Gasteiger partial charge in [-0.3, -0.25) is 4.79 Å². The van der Waals surface area contributed by atoms with Crippen LogP contribution in [0.2, 0.25) is 0 Å². The Kier molecular flexibility index (Phi) is 4.81. The van der Waals surface area contributed by atoms with Crippen LogP contribution in [0.25, 0.3) is 5.82 Å². The SMILES string of the molecule is CCc1ccc(OCC(=O)Nc2ccc(-n3cncn3)nc2)cc1. The lowest BCUT2D eigenvalue weighted by Crippen LogP contribution is -2.20. The van der Waals surface area contributed by atoms with Crippen LogP contribution in [0.4, 0.5) is 5.69 Å². The Hall–Kier alpha value is -3.22. The molecule has 0 spiro atoms. The summed E-state index contributed by atoms with van der Waals surface area (Å²) in [6, 6.07) is 11.2. The molecule has 0 fully saturated rings. The highest BCUT2D eigenvalue weighted by molar-refractivity contribution is 5.91. The van der Waals surface area contributed by atoms with Gasteiger partial charge in [-0.25, -0.2) is 14.6 Å². The average molecular weight is 323 g/mol. The van der Waals surface area contributed by atoms with Crippen molar-refractivity contribution in [3.8, 4) is 11.6 Å². The van der Waals surface area contributed by atoms with Crippen LogP contribution in [0.5, 0.6) is 5.75 Å². The maximum absolute atomic E-state index is 11.9. The second kappa shape index (κ2) is 7.36. The maximum atomic E-state index is 11.9. The zero-order valence-electron chi connectivity index (χ0n) is 13.2. The molecular formula is C17H17N5O2. The van der Waals surface area contributed by atoms with Crippen LogP contribution < -0.4 is 10.1 Å². The first kappa shape index (κ1) is 15.7. The van der Waals surface area contributed by atoms with E-state index in [-0.39, 0.29) is 12.5 Å². The lowest BCUT2D eigenvalue weighted by molar-refractivity contribution is -0.118. The highest BCUT2D eigenvalue weighted by Crippen LogP contribution is 2.13. The normalized spacial score (nSPS) is 10.4. The molecule has 2 aromatic heterocycles. The van der Waals surface area contributed by atoms with Crippen LogP contribution in [0.3, 0.4) is 0 Å². The zero-order chi connectivity index (χ0) is 16.8. The van der Waals surface area contributed by atoms with Gasteiger partial charge in [-0.1, -0.05) is 19.1 Å². The van der Waals surface area contributed by atoms with Gasteiger partial charge in [-0.05, 0) is 36.2 Å². The second-order valence-corrected chi connectivity index (χ2v) is 5.08. The highest BCUT2D eigenvalue weighted by Gasteiger charge is 2.05. The molecular weight excluding hydrogens is 306 g/mol. The molecule has 0 unspecified atom stereocenters. The molecule has 1 N–H and O–H groups in total. The third kappa shape index (κ3) is 3.95. The number of carbonyl (C=O) groups is 1. The fourth-order valence-electron chi connectivity index (χ4n) is 2.09. The molecule has 0 aliphatic rings. The number of aromatic nitrogens is 4. The van der Waals surface area contributed by atoms with Crippen molar-refractivity contribution >= 4 is 11.6 Å². The maximum Gasteiger partial charge on any atom is 0.262 e. The van der Waals surface area contributed by atoms with E-state index in [9.17, 15) is 4.79 Å². The van der Waals surface area contributed by atoms with Crippen LogP contribution in [-0.4, -0.2) is 32.3 Å². The second-order valence-electron chi connectivity index (χ2n) is 5.08. The van der Waals surface area contributed by atoms with Gasteiger partial charge < -0.3 is 10.1 Å². The van der Waals surface area contributed by atoms with Crippen LogP contribution in [0, 0.1) is 0 Å². The van der Waals surface area contributed by atoms with Crippen LogP contribution in [0.1, 0.15) is 12.5 Å². The van der Waals surface area contributed by atoms with Gasteiger partial charge in [-0.2, -0.15) is 5.10 Å². The summed E-state index contributed by atoms with van der Waals surface area (Å²) in [5.74, 6) is 1.05. The van der Waals surface area contributed by atoms with Crippen molar-refractivity contribution in [2.24, 2.45) is 0 Å². The molecule has 0 saturated carbocycles. The molecule has 1 aromatic carbocycles. The van der Waals surface area contributed by atoms with Gasteiger partial charge >= 0.3 is 0 Å². The zero-order valence-corrected chi connectivity index (χ0v) is 13.2. The van der Waals surface area contributed by atoms with Gasteiger partial charge in [0.15, 0.2) is 12.4 Å². The molecule has 0 aliphatic heterocycles. The summed E-state index contributed by atoms with van der Waals surface area (Å²) in [5, 5.41) is 6.72.